The number of esters is 2. The Bertz CT molecular complexity index is 1310. The second-order valence-corrected chi connectivity index (χ2v) is 7.15. The van der Waals surface area contributed by atoms with Gasteiger partial charge in [-0.25, -0.2) is 19.2 Å². The molecule has 0 heterocycles. The summed E-state index contributed by atoms with van der Waals surface area (Å²) in [6.45, 7) is 0. The smallest absolute Gasteiger partial charge is 0.337 e. The molecule has 0 saturated carbocycles. The number of carbonyl (C=O) groups is 4. The van der Waals surface area contributed by atoms with Crippen LogP contribution in [-0.4, -0.2) is 48.3 Å². The summed E-state index contributed by atoms with van der Waals surface area (Å²) in [7, 11) is 2.68. The van der Waals surface area contributed by atoms with Crippen molar-refractivity contribution >= 4 is 45.4 Å². The van der Waals surface area contributed by atoms with Crippen molar-refractivity contribution in [2.75, 3.05) is 14.2 Å². The maximum atomic E-state index is 11.4. The average molecular weight is 460 g/mol. The van der Waals surface area contributed by atoms with Crippen molar-refractivity contribution in [1.82, 2.24) is 0 Å². The monoisotopic (exact) mass is 460 g/mol. The Morgan fingerprint density at radius 3 is 1.03 bits per heavy atom. The van der Waals surface area contributed by atoms with E-state index in [1.54, 1.807) is 48.5 Å². The second-order valence-electron chi connectivity index (χ2n) is 7.15. The molecule has 0 amide bonds. The van der Waals surface area contributed by atoms with Crippen LogP contribution in [0.15, 0.2) is 72.8 Å². The van der Waals surface area contributed by atoms with Gasteiger partial charge in [0.05, 0.1) is 36.5 Å². The Hall–Kier alpha value is -4.72. The molecule has 0 bridgehead atoms. The predicted octanol–water partition coefficient (Wildman–Crippen LogP) is 4.65. The first-order valence-corrected chi connectivity index (χ1v) is 9.94. The number of rotatable bonds is 4. The number of hydrogen-bond acceptors (Lipinski definition) is 6. The van der Waals surface area contributed by atoms with Crippen molar-refractivity contribution in [3.63, 3.8) is 0 Å². The highest BCUT2D eigenvalue weighted by Crippen LogP contribution is 2.20. The number of methoxy groups -OCH3 is 2. The van der Waals surface area contributed by atoms with Crippen molar-refractivity contribution in [1.29, 1.82) is 0 Å². The summed E-state index contributed by atoms with van der Waals surface area (Å²) in [6, 6.07) is 19.5. The molecule has 0 atom stereocenters. The number of hydrogen-bond donors (Lipinski definition) is 2. The van der Waals surface area contributed by atoms with Crippen molar-refractivity contribution in [3.05, 3.63) is 95.1 Å². The van der Waals surface area contributed by atoms with E-state index in [-0.39, 0.29) is 23.1 Å². The summed E-state index contributed by atoms with van der Waals surface area (Å²) in [5.74, 6) is -2.75. The average Bonchev–Trinajstić information content (AvgIpc) is 2.86. The number of fused-ring (bicyclic) bond motifs is 2. The highest BCUT2D eigenvalue weighted by atomic mass is 16.5. The maximum Gasteiger partial charge on any atom is 0.337 e. The van der Waals surface area contributed by atoms with Gasteiger partial charge in [0.2, 0.25) is 0 Å². The van der Waals surface area contributed by atoms with E-state index < -0.39 is 11.9 Å². The molecule has 0 saturated heterocycles. The molecule has 0 aliphatic rings. The van der Waals surface area contributed by atoms with Gasteiger partial charge < -0.3 is 19.7 Å². The first-order chi connectivity index (χ1) is 16.2. The minimum Gasteiger partial charge on any atom is -0.478 e. The molecule has 172 valence electrons. The third-order valence-corrected chi connectivity index (χ3v) is 5.02. The molecule has 4 aromatic carbocycles. The third-order valence-electron chi connectivity index (χ3n) is 5.02. The summed E-state index contributed by atoms with van der Waals surface area (Å²) < 4.78 is 9.30. The number of benzene rings is 4. The summed E-state index contributed by atoms with van der Waals surface area (Å²) in [6.07, 6.45) is 0. The highest BCUT2D eigenvalue weighted by molar-refractivity contribution is 5.99. The van der Waals surface area contributed by atoms with E-state index in [0.29, 0.717) is 21.9 Å². The maximum absolute atomic E-state index is 11.4. The zero-order valence-corrected chi connectivity index (χ0v) is 18.3. The van der Waals surface area contributed by atoms with E-state index in [2.05, 4.69) is 9.47 Å². The SMILES string of the molecule is COC(=O)c1ccc2cc(C(=O)OC)ccc2c1.O=C(O)c1ccc2cc(C(=O)O)ccc2c1. The van der Waals surface area contributed by atoms with Gasteiger partial charge in [-0.2, -0.15) is 0 Å². The molecule has 0 aromatic heterocycles. The number of carbonyl (C=O) groups excluding carboxylic acids is 2. The van der Waals surface area contributed by atoms with Crippen molar-refractivity contribution in [3.8, 4) is 0 Å². The van der Waals surface area contributed by atoms with E-state index in [0.717, 1.165) is 10.8 Å². The Labute approximate surface area is 194 Å². The van der Waals surface area contributed by atoms with Crippen LogP contribution >= 0.6 is 0 Å². The predicted molar refractivity (Wildman–Crippen MR) is 124 cm³/mol. The molecule has 2 N–H and O–H groups in total. The molecule has 4 aromatic rings. The normalized spacial score (nSPS) is 10.2. The number of ether oxygens (including phenoxy) is 2. The Morgan fingerprint density at radius 2 is 0.765 bits per heavy atom. The molecule has 0 aliphatic carbocycles. The van der Waals surface area contributed by atoms with Gasteiger partial charge in [-0.15, -0.1) is 0 Å². The van der Waals surface area contributed by atoms with Crippen LogP contribution in [0.3, 0.4) is 0 Å². The molecule has 0 spiro atoms. The van der Waals surface area contributed by atoms with E-state index in [9.17, 15) is 19.2 Å². The molecule has 0 aliphatic heterocycles. The minimum atomic E-state index is -0.996. The van der Waals surface area contributed by atoms with Gasteiger partial charge in [0.1, 0.15) is 0 Å². The molecule has 0 fully saturated rings. The van der Waals surface area contributed by atoms with Crippen LogP contribution < -0.4 is 0 Å². The van der Waals surface area contributed by atoms with Crippen molar-refractivity contribution < 1.29 is 38.9 Å². The summed E-state index contributed by atoms with van der Waals surface area (Å²) in [4.78, 5) is 44.2. The van der Waals surface area contributed by atoms with E-state index in [4.69, 9.17) is 10.2 Å². The molecule has 8 heteroatoms. The van der Waals surface area contributed by atoms with Gasteiger partial charge in [0.15, 0.2) is 0 Å². The lowest BCUT2D eigenvalue weighted by atomic mass is 10.0. The second kappa shape index (κ2) is 10.3. The van der Waals surface area contributed by atoms with Crippen LogP contribution in [0.5, 0.6) is 0 Å². The summed E-state index contributed by atoms with van der Waals surface area (Å²) in [5, 5.41) is 20.7. The topological polar surface area (TPSA) is 127 Å². The fourth-order valence-electron chi connectivity index (χ4n) is 3.25. The van der Waals surface area contributed by atoms with E-state index >= 15 is 0 Å². The van der Waals surface area contributed by atoms with Gasteiger partial charge in [-0.1, -0.05) is 24.3 Å². The van der Waals surface area contributed by atoms with Crippen LogP contribution in [0.4, 0.5) is 0 Å². The van der Waals surface area contributed by atoms with E-state index in [1.165, 1.54) is 38.5 Å². The van der Waals surface area contributed by atoms with Gasteiger partial charge in [-0.3, -0.25) is 0 Å². The molecular weight excluding hydrogens is 440 g/mol. The number of carboxylic acid groups (broad SMARTS) is 2. The zero-order chi connectivity index (χ0) is 24.8. The quantitative estimate of drug-likeness (QED) is 0.421. The van der Waals surface area contributed by atoms with Gasteiger partial charge in [0, 0.05) is 0 Å². The Morgan fingerprint density at radius 1 is 0.500 bits per heavy atom. The first kappa shape index (κ1) is 23.9. The fraction of sp³-hybridized carbons (Fsp3) is 0.0769. The molecule has 0 radical (unpaired) electrons. The van der Waals surface area contributed by atoms with Crippen LogP contribution in [-0.2, 0) is 9.47 Å². The lowest BCUT2D eigenvalue weighted by molar-refractivity contribution is 0.0591. The Balaban J connectivity index is 0.000000192. The molecular formula is C26H20O8. The van der Waals surface area contributed by atoms with Crippen LogP contribution in [0.2, 0.25) is 0 Å². The lowest BCUT2D eigenvalue weighted by Gasteiger charge is -2.04. The largest absolute Gasteiger partial charge is 0.478 e. The Kier molecular flexibility index (Phi) is 7.23. The summed E-state index contributed by atoms with van der Waals surface area (Å²) >= 11 is 0. The highest BCUT2D eigenvalue weighted by Gasteiger charge is 2.09. The number of aromatic carboxylic acids is 2. The zero-order valence-electron chi connectivity index (χ0n) is 18.3. The lowest BCUT2D eigenvalue weighted by Crippen LogP contribution is -2.02. The van der Waals surface area contributed by atoms with Gasteiger partial charge >= 0.3 is 23.9 Å². The van der Waals surface area contributed by atoms with Crippen molar-refractivity contribution in [2.45, 2.75) is 0 Å². The van der Waals surface area contributed by atoms with E-state index in [1.807, 2.05) is 0 Å². The fourth-order valence-corrected chi connectivity index (χ4v) is 3.25. The molecule has 0 unspecified atom stereocenters. The molecule has 34 heavy (non-hydrogen) atoms. The van der Waals surface area contributed by atoms with Crippen molar-refractivity contribution in [2.24, 2.45) is 0 Å². The van der Waals surface area contributed by atoms with Crippen LogP contribution in [0.1, 0.15) is 41.4 Å². The van der Waals surface area contributed by atoms with Gasteiger partial charge in [0.25, 0.3) is 0 Å². The minimum absolute atomic E-state index is 0.190. The molecule has 8 nitrogen and oxygen atoms in total. The molecule has 4 rings (SSSR count). The summed E-state index contributed by atoms with van der Waals surface area (Å²) in [5.41, 5.74) is 1.35. The number of carboxylic acids is 2. The first-order valence-electron chi connectivity index (χ1n) is 9.94. The standard InChI is InChI=1S/C14H12O4.C12H8O4/c1-17-13(15)11-5-3-10-8-12(14(16)18-2)6-4-9(10)7-11;13-11(14)9-3-1-7-5-10(12(15)16)4-2-8(7)6-9/h3-8H,1-2H3;1-6H,(H,13,14)(H,15,16). The van der Waals surface area contributed by atoms with Gasteiger partial charge in [-0.05, 0) is 70.1 Å². The van der Waals surface area contributed by atoms with Crippen LogP contribution in [0.25, 0.3) is 21.5 Å². The van der Waals surface area contributed by atoms with Crippen LogP contribution in [0, 0.1) is 0 Å². The third kappa shape index (κ3) is 5.36.